The van der Waals surface area contributed by atoms with E-state index < -0.39 is 17.8 Å². The number of halogens is 3. The van der Waals surface area contributed by atoms with Gasteiger partial charge in [0.2, 0.25) is 0 Å². The lowest BCUT2D eigenvalue weighted by molar-refractivity contribution is -0.137. The average Bonchev–Trinajstić information content (AvgIpc) is 2.69. The molecule has 3 nitrogen and oxygen atoms in total. The van der Waals surface area contributed by atoms with Gasteiger partial charge < -0.3 is 9.51 Å². The lowest BCUT2D eigenvalue weighted by Crippen LogP contribution is -2.06. The van der Waals surface area contributed by atoms with Crippen molar-refractivity contribution in [3.05, 3.63) is 35.8 Å². The highest BCUT2D eigenvalue weighted by atomic mass is 19.4. The fourth-order valence-corrected chi connectivity index (χ4v) is 1.63. The van der Waals surface area contributed by atoms with Crippen molar-refractivity contribution in [2.45, 2.75) is 25.6 Å². The van der Waals surface area contributed by atoms with Gasteiger partial charge in [-0.2, -0.15) is 13.2 Å². The van der Waals surface area contributed by atoms with Crippen LogP contribution in [0.4, 0.5) is 13.2 Å². The predicted octanol–water partition coefficient (Wildman–Crippen LogP) is 2.80. The molecule has 0 saturated heterocycles. The molecule has 1 atom stereocenters. The van der Waals surface area contributed by atoms with Gasteiger partial charge in [0.05, 0.1) is 23.6 Å². The van der Waals surface area contributed by atoms with Crippen LogP contribution in [-0.2, 0) is 6.18 Å². The third-order valence-electron chi connectivity index (χ3n) is 2.60. The molecular weight excluding hydrogens is 233 g/mol. The van der Waals surface area contributed by atoms with Crippen LogP contribution in [0, 0.1) is 0 Å². The first-order valence-corrected chi connectivity index (χ1v) is 5.15. The number of hydrogen-bond acceptors (Lipinski definition) is 2. The number of rotatable bonds is 2. The zero-order valence-electron chi connectivity index (χ0n) is 9.07. The average molecular weight is 244 g/mol. The van der Waals surface area contributed by atoms with E-state index >= 15 is 0 Å². The normalized spacial score (nSPS) is 14.2. The summed E-state index contributed by atoms with van der Waals surface area (Å²) < 4.78 is 38.8. The number of alkyl halides is 3. The first-order valence-electron chi connectivity index (χ1n) is 5.15. The fourth-order valence-electron chi connectivity index (χ4n) is 1.63. The molecule has 17 heavy (non-hydrogen) atoms. The van der Waals surface area contributed by atoms with Crippen molar-refractivity contribution >= 4 is 5.65 Å². The van der Waals surface area contributed by atoms with Crippen LogP contribution >= 0.6 is 0 Å². The van der Waals surface area contributed by atoms with E-state index in [1.165, 1.54) is 16.8 Å². The predicted molar refractivity (Wildman–Crippen MR) is 55.4 cm³/mol. The van der Waals surface area contributed by atoms with E-state index in [0.29, 0.717) is 12.1 Å². The van der Waals surface area contributed by atoms with Crippen molar-refractivity contribution < 1.29 is 18.3 Å². The van der Waals surface area contributed by atoms with E-state index in [2.05, 4.69) is 4.98 Å². The quantitative estimate of drug-likeness (QED) is 0.882. The van der Waals surface area contributed by atoms with Gasteiger partial charge in [-0.1, -0.05) is 6.92 Å². The van der Waals surface area contributed by atoms with E-state index in [4.69, 9.17) is 0 Å². The molecule has 0 saturated carbocycles. The monoisotopic (exact) mass is 244 g/mol. The molecule has 0 aliphatic heterocycles. The van der Waals surface area contributed by atoms with Crippen molar-refractivity contribution in [2.24, 2.45) is 0 Å². The summed E-state index contributed by atoms with van der Waals surface area (Å²) in [7, 11) is 0. The van der Waals surface area contributed by atoms with Crippen LogP contribution in [0.3, 0.4) is 0 Å². The molecule has 0 fully saturated rings. The smallest absolute Gasteiger partial charge is 0.387 e. The Labute approximate surface area is 95.5 Å². The van der Waals surface area contributed by atoms with Crippen LogP contribution in [0.25, 0.3) is 5.65 Å². The number of fused-ring (bicyclic) bond motifs is 1. The summed E-state index contributed by atoms with van der Waals surface area (Å²) in [5.74, 6) is 0. The number of aliphatic hydroxyl groups is 1. The fraction of sp³-hybridized carbons (Fsp3) is 0.364. The second-order valence-electron chi connectivity index (χ2n) is 3.75. The van der Waals surface area contributed by atoms with E-state index in [1.807, 2.05) is 0 Å². The summed E-state index contributed by atoms with van der Waals surface area (Å²) in [6.07, 6.45) is -1.95. The number of aliphatic hydroxyl groups excluding tert-OH is 1. The zero-order valence-corrected chi connectivity index (χ0v) is 9.07. The zero-order chi connectivity index (χ0) is 12.6. The molecule has 0 aromatic carbocycles. The van der Waals surface area contributed by atoms with Gasteiger partial charge in [-0.3, -0.25) is 0 Å². The van der Waals surface area contributed by atoms with Crippen molar-refractivity contribution in [1.29, 1.82) is 0 Å². The lowest BCUT2D eigenvalue weighted by Gasteiger charge is -2.09. The number of pyridine rings is 1. The van der Waals surface area contributed by atoms with Crippen molar-refractivity contribution in [1.82, 2.24) is 9.38 Å². The lowest BCUT2D eigenvalue weighted by atomic mass is 10.2. The Hall–Kier alpha value is -1.56. The van der Waals surface area contributed by atoms with Gasteiger partial charge in [0.25, 0.3) is 0 Å². The van der Waals surface area contributed by atoms with Gasteiger partial charge in [-0.15, -0.1) is 0 Å². The van der Waals surface area contributed by atoms with Gasteiger partial charge >= 0.3 is 6.18 Å². The van der Waals surface area contributed by atoms with Gasteiger partial charge in [0.1, 0.15) is 5.65 Å². The molecule has 2 aromatic heterocycles. The van der Waals surface area contributed by atoms with Crippen molar-refractivity contribution in [3.8, 4) is 0 Å². The first-order chi connectivity index (χ1) is 7.93. The standard InChI is InChI=1S/C11H11F3N2O/c1-2-9(17)8-6-15-10-5-7(11(12,13)14)3-4-16(8)10/h3-6,9,17H,2H2,1H3. The van der Waals surface area contributed by atoms with Gasteiger partial charge in [-0.25, -0.2) is 4.98 Å². The summed E-state index contributed by atoms with van der Waals surface area (Å²) in [5, 5.41) is 9.66. The largest absolute Gasteiger partial charge is 0.416 e. The first kappa shape index (κ1) is 11.9. The Morgan fingerprint density at radius 2 is 2.18 bits per heavy atom. The minimum absolute atomic E-state index is 0.183. The van der Waals surface area contributed by atoms with Crippen LogP contribution in [0.2, 0.25) is 0 Å². The molecule has 0 aliphatic rings. The molecule has 6 heteroatoms. The van der Waals surface area contributed by atoms with Crippen LogP contribution < -0.4 is 0 Å². The molecule has 0 amide bonds. The van der Waals surface area contributed by atoms with Crippen LogP contribution in [0.5, 0.6) is 0 Å². The van der Waals surface area contributed by atoms with Crippen molar-refractivity contribution in [2.75, 3.05) is 0 Å². The van der Waals surface area contributed by atoms with Crippen LogP contribution in [0.1, 0.15) is 30.7 Å². The molecule has 1 N–H and O–H groups in total. The molecule has 2 aromatic rings. The summed E-state index contributed by atoms with van der Waals surface area (Å²) in [4.78, 5) is 3.86. The second kappa shape index (κ2) is 4.03. The van der Waals surface area contributed by atoms with E-state index in [-0.39, 0.29) is 5.65 Å². The Balaban J connectivity index is 2.52. The van der Waals surface area contributed by atoms with E-state index in [9.17, 15) is 18.3 Å². The molecule has 92 valence electrons. The third-order valence-corrected chi connectivity index (χ3v) is 2.60. The summed E-state index contributed by atoms with van der Waals surface area (Å²) in [5.41, 5.74) is -0.0633. The minimum atomic E-state index is -4.38. The maximum Gasteiger partial charge on any atom is 0.416 e. The molecule has 0 bridgehead atoms. The minimum Gasteiger partial charge on any atom is -0.387 e. The molecule has 2 heterocycles. The molecular formula is C11H11F3N2O. The van der Waals surface area contributed by atoms with E-state index in [1.54, 1.807) is 6.92 Å². The maximum atomic E-state index is 12.5. The maximum absolute atomic E-state index is 12.5. The van der Waals surface area contributed by atoms with E-state index in [0.717, 1.165) is 12.1 Å². The second-order valence-corrected chi connectivity index (χ2v) is 3.75. The van der Waals surface area contributed by atoms with Crippen LogP contribution in [-0.4, -0.2) is 14.5 Å². The van der Waals surface area contributed by atoms with Gasteiger partial charge in [-0.05, 0) is 18.6 Å². The summed E-state index contributed by atoms with van der Waals surface area (Å²) in [6.45, 7) is 1.79. The summed E-state index contributed by atoms with van der Waals surface area (Å²) >= 11 is 0. The van der Waals surface area contributed by atoms with Crippen molar-refractivity contribution in [3.63, 3.8) is 0 Å². The molecule has 0 radical (unpaired) electrons. The van der Waals surface area contributed by atoms with Crippen LogP contribution in [0.15, 0.2) is 24.5 Å². The van der Waals surface area contributed by atoms with Gasteiger partial charge in [0.15, 0.2) is 0 Å². The number of aromatic nitrogens is 2. The molecule has 0 spiro atoms. The highest BCUT2D eigenvalue weighted by Gasteiger charge is 2.31. The number of imidazole rings is 1. The Morgan fingerprint density at radius 3 is 2.76 bits per heavy atom. The topological polar surface area (TPSA) is 37.5 Å². The Morgan fingerprint density at radius 1 is 1.47 bits per heavy atom. The number of hydrogen-bond donors (Lipinski definition) is 1. The molecule has 0 aliphatic carbocycles. The molecule has 2 rings (SSSR count). The third kappa shape index (κ3) is 2.12. The van der Waals surface area contributed by atoms with Gasteiger partial charge in [0, 0.05) is 6.20 Å². The Kier molecular flexibility index (Phi) is 2.82. The highest BCUT2D eigenvalue weighted by molar-refractivity contribution is 5.44. The Bertz CT molecular complexity index is 533. The SMILES string of the molecule is CCC(O)c1cnc2cc(C(F)(F)F)ccn12. The summed E-state index contributed by atoms with van der Waals surface area (Å²) in [6, 6.07) is 1.94. The number of nitrogens with zero attached hydrogens (tertiary/aromatic N) is 2. The molecule has 1 unspecified atom stereocenters. The highest BCUT2D eigenvalue weighted by Crippen LogP contribution is 2.30.